The van der Waals surface area contributed by atoms with E-state index in [1.54, 1.807) is 6.92 Å². The molecule has 0 radical (unpaired) electrons. The molecule has 0 spiro atoms. The first-order valence-corrected chi connectivity index (χ1v) is 18.4. The lowest BCUT2D eigenvalue weighted by Gasteiger charge is -2.29. The monoisotopic (exact) mass is 726 g/mol. The first-order valence-electron chi connectivity index (χ1n) is 18.4. The number of aryl methyl sites for hydroxylation is 1. The van der Waals surface area contributed by atoms with Crippen molar-refractivity contribution in [2.24, 2.45) is 11.8 Å². The molecule has 5 amide bonds. The molecule has 13 heteroatoms. The smallest absolute Gasteiger partial charge is 0.251 e. The Kier molecular flexibility index (Phi) is 21.1. The molecule has 0 bridgehead atoms. The van der Waals surface area contributed by atoms with Crippen LogP contribution in [0, 0.1) is 18.8 Å². The topological polar surface area (TPSA) is 205 Å². The molecule has 0 fully saturated rings. The van der Waals surface area contributed by atoms with E-state index in [0.717, 1.165) is 11.1 Å². The van der Waals surface area contributed by atoms with Crippen molar-refractivity contribution < 1.29 is 34.8 Å². The second kappa shape index (κ2) is 24.0. The molecule has 1 aromatic carbocycles. The molecule has 1 rings (SSSR count). The van der Waals surface area contributed by atoms with Crippen molar-refractivity contribution in [2.45, 2.75) is 117 Å². The highest BCUT2D eigenvalue weighted by Crippen LogP contribution is 2.13. The van der Waals surface area contributed by atoms with Crippen LogP contribution in [0.4, 0.5) is 0 Å². The number of carbonyl (C=O) groups excluding carboxylic acids is 5. The van der Waals surface area contributed by atoms with Crippen LogP contribution >= 0.6 is 0 Å². The van der Waals surface area contributed by atoms with Crippen LogP contribution in [-0.4, -0.2) is 84.0 Å². The van der Waals surface area contributed by atoms with Crippen molar-refractivity contribution in [1.82, 2.24) is 31.9 Å². The van der Waals surface area contributed by atoms with Gasteiger partial charge in [-0.1, -0.05) is 77.8 Å². The number of aliphatic hydroxyl groups excluding tert-OH is 1. The number of hydrogen-bond donors (Lipinski definition) is 8. The van der Waals surface area contributed by atoms with E-state index in [0.29, 0.717) is 32.2 Å². The summed E-state index contributed by atoms with van der Waals surface area (Å²) in [4.78, 5) is 66.6. The standard InChI is InChI=1S/C39H63N7O6/c1-10-16-32(44-39(52)34(25(7)11-2)46-36(49)29(19-20-40)22-31(47)12-3)37(50)43-30(21-28-18-15-14-17-26(28)8)23-42-27(9)35(48)45-33(24(5)6)38(51)41-13-4/h12,14-15,17-20,22,24-25,27,30-34,42,47H,3,10-11,13,16,21,23,40H2,1-2,4-9H3,(H,41,51)(H,43,50)(H,44,52)(H,45,48)(H,46,49)/p+1/b20-19-,29-22+/t25-,27-,30-,31-,32-,33-,34-/m0/s1. The van der Waals surface area contributed by atoms with Gasteiger partial charge < -0.3 is 42.7 Å². The molecule has 0 aromatic heterocycles. The molecule has 52 heavy (non-hydrogen) atoms. The highest BCUT2D eigenvalue weighted by atomic mass is 16.3. The van der Waals surface area contributed by atoms with Crippen molar-refractivity contribution in [3.05, 3.63) is 72.0 Å². The third-order valence-corrected chi connectivity index (χ3v) is 8.88. The molecule has 1 aromatic rings. The normalized spacial score (nSPS) is 15.8. The number of amides is 5. The summed E-state index contributed by atoms with van der Waals surface area (Å²) >= 11 is 0. The van der Waals surface area contributed by atoms with Gasteiger partial charge in [-0.05, 0) is 62.7 Å². The minimum atomic E-state index is -1.07. The van der Waals surface area contributed by atoms with Gasteiger partial charge in [0, 0.05) is 30.8 Å². The van der Waals surface area contributed by atoms with Gasteiger partial charge >= 0.3 is 0 Å². The lowest BCUT2D eigenvalue weighted by atomic mass is 9.96. The highest BCUT2D eigenvalue weighted by molar-refractivity contribution is 6.00. The van der Waals surface area contributed by atoms with Crippen LogP contribution in [0.3, 0.4) is 0 Å². The summed E-state index contributed by atoms with van der Waals surface area (Å²) < 4.78 is 0. The summed E-state index contributed by atoms with van der Waals surface area (Å²) in [6.07, 6.45) is 6.31. The zero-order valence-corrected chi connectivity index (χ0v) is 32.4. The van der Waals surface area contributed by atoms with Gasteiger partial charge in [-0.3, -0.25) is 24.0 Å². The minimum absolute atomic E-state index is 0.116. The van der Waals surface area contributed by atoms with Gasteiger partial charge in [-0.15, -0.1) is 6.58 Å². The Balaban J connectivity index is 3.25. The molecule has 7 atom stereocenters. The quantitative estimate of drug-likeness (QED) is 0.0472. The maximum Gasteiger partial charge on any atom is 0.251 e. The van der Waals surface area contributed by atoms with Gasteiger partial charge in [0.1, 0.15) is 18.1 Å². The van der Waals surface area contributed by atoms with Crippen LogP contribution in [0.5, 0.6) is 0 Å². The van der Waals surface area contributed by atoms with Gasteiger partial charge in [0.25, 0.3) is 5.91 Å². The maximum absolute atomic E-state index is 13.9. The van der Waals surface area contributed by atoms with Crippen LogP contribution in [0.15, 0.2) is 60.8 Å². The van der Waals surface area contributed by atoms with E-state index in [1.807, 2.05) is 72.7 Å². The Hall–Kier alpha value is -4.33. The zero-order valence-electron chi connectivity index (χ0n) is 32.4. The van der Waals surface area contributed by atoms with Gasteiger partial charge in [-0.2, -0.15) is 0 Å². The van der Waals surface area contributed by atoms with Crippen LogP contribution in [0.1, 0.15) is 78.9 Å². The van der Waals surface area contributed by atoms with Crippen molar-refractivity contribution >= 4 is 29.5 Å². The third-order valence-electron chi connectivity index (χ3n) is 8.88. The Labute approximate surface area is 310 Å². The van der Waals surface area contributed by atoms with E-state index in [-0.39, 0.29) is 35.8 Å². The molecular formula is C39H64N7O6+. The van der Waals surface area contributed by atoms with Crippen molar-refractivity contribution in [3.63, 3.8) is 0 Å². The van der Waals surface area contributed by atoms with Crippen LogP contribution in [-0.2, 0) is 30.4 Å². The number of carbonyl (C=O) groups is 5. The molecule has 13 nitrogen and oxygen atoms in total. The number of hydrogen-bond acceptors (Lipinski definition) is 7. The largest absolute Gasteiger partial charge is 0.385 e. The van der Waals surface area contributed by atoms with E-state index in [4.69, 9.17) is 0 Å². The Morgan fingerprint density at radius 2 is 1.56 bits per heavy atom. The number of quaternary nitrogens is 1. The highest BCUT2D eigenvalue weighted by Gasteiger charge is 2.31. The SMILES string of the molecule is C=C[C@H](O)/C=C(\C=C/[NH3+])C(=O)N[C@H](C(=O)N[C@@H](CCC)C(=O)N[C@H](CN[C@@H](C)C(=O)N[C@H](C(=O)NCC)C(C)C)Cc1ccccc1C)[C@@H](C)CC. The molecule has 0 saturated heterocycles. The number of benzene rings is 1. The van der Waals surface area contributed by atoms with Gasteiger partial charge in [0.05, 0.1) is 18.3 Å². The van der Waals surface area contributed by atoms with Gasteiger partial charge in [0.2, 0.25) is 23.6 Å². The van der Waals surface area contributed by atoms with E-state index >= 15 is 0 Å². The fraction of sp³-hybridized carbons (Fsp3) is 0.564. The second-order valence-electron chi connectivity index (χ2n) is 13.5. The summed E-state index contributed by atoms with van der Waals surface area (Å²) in [6, 6.07) is 4.13. The van der Waals surface area contributed by atoms with Crippen molar-refractivity contribution in [1.29, 1.82) is 0 Å². The lowest BCUT2D eigenvalue weighted by Crippen LogP contribution is -2.58. The second-order valence-corrected chi connectivity index (χ2v) is 13.5. The fourth-order valence-corrected chi connectivity index (χ4v) is 5.42. The molecule has 0 saturated carbocycles. The first kappa shape index (κ1) is 45.7. The van der Waals surface area contributed by atoms with Crippen LogP contribution < -0.4 is 37.6 Å². The third kappa shape index (κ3) is 15.5. The molecule has 0 aliphatic carbocycles. The predicted octanol–water partition coefficient (Wildman–Crippen LogP) is 1.32. The van der Waals surface area contributed by atoms with Crippen LogP contribution in [0.2, 0.25) is 0 Å². The Morgan fingerprint density at radius 1 is 0.885 bits per heavy atom. The molecule has 0 heterocycles. The Morgan fingerprint density at radius 3 is 2.12 bits per heavy atom. The molecule has 290 valence electrons. The summed E-state index contributed by atoms with van der Waals surface area (Å²) in [5.74, 6) is -2.48. The van der Waals surface area contributed by atoms with Crippen molar-refractivity contribution in [2.75, 3.05) is 13.1 Å². The molecule has 10 N–H and O–H groups in total. The average molecular weight is 727 g/mol. The summed E-state index contributed by atoms with van der Waals surface area (Å²) in [5.41, 5.74) is 5.80. The predicted molar refractivity (Wildman–Crippen MR) is 204 cm³/mol. The first-order chi connectivity index (χ1) is 24.6. The minimum Gasteiger partial charge on any atom is -0.385 e. The molecular weight excluding hydrogens is 662 g/mol. The van der Waals surface area contributed by atoms with E-state index in [9.17, 15) is 29.1 Å². The molecule has 0 aliphatic rings. The van der Waals surface area contributed by atoms with E-state index < -0.39 is 54.0 Å². The number of nitrogens with one attached hydrogen (secondary N) is 6. The van der Waals surface area contributed by atoms with Gasteiger partial charge in [-0.25, -0.2) is 0 Å². The summed E-state index contributed by atoms with van der Waals surface area (Å²) in [7, 11) is 0. The van der Waals surface area contributed by atoms with Crippen LogP contribution in [0.25, 0.3) is 0 Å². The average Bonchev–Trinajstić information content (AvgIpc) is 3.11. The molecule has 0 unspecified atom stereocenters. The summed E-state index contributed by atoms with van der Waals surface area (Å²) in [5, 5.41) is 27.6. The van der Waals surface area contributed by atoms with E-state index in [1.165, 1.54) is 24.4 Å². The maximum atomic E-state index is 13.9. The van der Waals surface area contributed by atoms with E-state index in [2.05, 4.69) is 44.2 Å². The zero-order chi connectivity index (χ0) is 39.4. The number of rotatable bonds is 23. The Bertz CT molecular complexity index is 1390. The van der Waals surface area contributed by atoms with Gasteiger partial charge in [0.15, 0.2) is 0 Å². The fourth-order valence-electron chi connectivity index (χ4n) is 5.42. The molecule has 0 aliphatic heterocycles. The van der Waals surface area contributed by atoms with Crippen molar-refractivity contribution in [3.8, 4) is 0 Å². The number of likely N-dealkylation sites (N-methyl/N-ethyl adjacent to an activating group) is 1. The summed E-state index contributed by atoms with van der Waals surface area (Å²) in [6.45, 7) is 19.1. The number of aliphatic hydroxyl groups is 1. The lowest BCUT2D eigenvalue weighted by molar-refractivity contribution is -0.274.